The Balaban J connectivity index is 2.80. The number of carbonyl (C=O) groups excluding carboxylic acids is 1. The molecule has 1 heterocycles. The van der Waals surface area contributed by atoms with Crippen LogP contribution in [-0.2, 0) is 4.79 Å². The van der Waals surface area contributed by atoms with Gasteiger partial charge >= 0.3 is 0 Å². The fraction of sp³-hybridized carbons (Fsp3) is 0.900. The molecule has 0 aliphatic carbocycles. The normalized spacial score (nSPS) is 29.5. The lowest BCUT2D eigenvalue weighted by Crippen LogP contribution is -2.64. The molecule has 2 N–H and O–H groups in total. The molecule has 4 nitrogen and oxygen atoms in total. The van der Waals surface area contributed by atoms with Gasteiger partial charge in [-0.2, -0.15) is 0 Å². The number of piperazine rings is 1. The van der Waals surface area contributed by atoms with Gasteiger partial charge in [0.1, 0.15) is 6.04 Å². The molecule has 4 heteroatoms. The van der Waals surface area contributed by atoms with E-state index in [2.05, 4.69) is 5.32 Å². The maximum atomic E-state index is 11.9. The monoisotopic (exact) mass is 200 g/mol. The Bertz CT molecular complexity index is 223. The van der Waals surface area contributed by atoms with E-state index in [9.17, 15) is 4.79 Å². The minimum atomic E-state index is -0.432. The zero-order valence-electron chi connectivity index (χ0n) is 9.37. The van der Waals surface area contributed by atoms with Crippen molar-refractivity contribution in [1.29, 1.82) is 0 Å². The number of aliphatic hydroxyl groups excluding tert-OH is 1. The molecule has 0 bridgehead atoms. The second-order valence-electron chi connectivity index (χ2n) is 4.92. The number of aliphatic hydroxyl groups is 1. The summed E-state index contributed by atoms with van der Waals surface area (Å²) >= 11 is 0. The minimum Gasteiger partial charge on any atom is -0.394 e. The molecular formula is C10H20N2O2. The molecule has 0 saturated carbocycles. The van der Waals surface area contributed by atoms with E-state index < -0.39 is 6.04 Å². The van der Waals surface area contributed by atoms with E-state index in [1.54, 1.807) is 0 Å². The summed E-state index contributed by atoms with van der Waals surface area (Å²) in [5.41, 5.74) is -0.166. The molecule has 1 aliphatic rings. The fourth-order valence-corrected chi connectivity index (χ4v) is 1.75. The standard InChI is InChI=1S/C10H20N2O2/c1-7-5-12(10(2,3)4)9(14)8(6-13)11-7/h7-8,11,13H,5-6H2,1-4H3. The Labute approximate surface area is 85.3 Å². The molecule has 1 aliphatic heterocycles. The summed E-state index contributed by atoms with van der Waals surface area (Å²) in [4.78, 5) is 13.7. The number of rotatable bonds is 1. The van der Waals surface area contributed by atoms with Crippen molar-refractivity contribution in [2.75, 3.05) is 13.2 Å². The molecule has 82 valence electrons. The van der Waals surface area contributed by atoms with Gasteiger partial charge in [0.15, 0.2) is 0 Å². The van der Waals surface area contributed by atoms with Crippen LogP contribution in [0, 0.1) is 0 Å². The van der Waals surface area contributed by atoms with E-state index >= 15 is 0 Å². The van der Waals surface area contributed by atoms with Gasteiger partial charge in [-0.1, -0.05) is 0 Å². The molecule has 0 spiro atoms. The van der Waals surface area contributed by atoms with Crippen LogP contribution in [0.3, 0.4) is 0 Å². The zero-order valence-corrected chi connectivity index (χ0v) is 9.37. The van der Waals surface area contributed by atoms with Crippen LogP contribution in [0.4, 0.5) is 0 Å². The predicted octanol–water partition coefficient (Wildman–Crippen LogP) is -0.0339. The molecular weight excluding hydrogens is 180 g/mol. The third-order valence-electron chi connectivity index (χ3n) is 2.50. The average molecular weight is 200 g/mol. The van der Waals surface area contributed by atoms with E-state index in [0.717, 1.165) is 0 Å². The second-order valence-corrected chi connectivity index (χ2v) is 4.92. The van der Waals surface area contributed by atoms with Crippen molar-refractivity contribution in [2.45, 2.75) is 45.3 Å². The van der Waals surface area contributed by atoms with Crippen LogP contribution in [-0.4, -0.2) is 46.7 Å². The van der Waals surface area contributed by atoms with E-state index in [1.165, 1.54) is 0 Å². The summed E-state index contributed by atoms with van der Waals surface area (Å²) in [5.74, 6) is -0.00176. The van der Waals surface area contributed by atoms with Crippen molar-refractivity contribution in [1.82, 2.24) is 10.2 Å². The topological polar surface area (TPSA) is 52.6 Å². The summed E-state index contributed by atoms with van der Waals surface area (Å²) in [7, 11) is 0. The smallest absolute Gasteiger partial charge is 0.242 e. The zero-order chi connectivity index (χ0) is 10.9. The Morgan fingerprint density at radius 3 is 2.57 bits per heavy atom. The lowest BCUT2D eigenvalue weighted by Gasteiger charge is -2.44. The molecule has 0 aromatic carbocycles. The van der Waals surface area contributed by atoms with Gasteiger partial charge in [-0.05, 0) is 27.7 Å². The van der Waals surface area contributed by atoms with Crippen LogP contribution in [0.15, 0.2) is 0 Å². The summed E-state index contributed by atoms with van der Waals surface area (Å²) in [6, 6.07) is -0.193. The first-order chi connectivity index (χ1) is 6.36. The third kappa shape index (κ3) is 2.25. The van der Waals surface area contributed by atoms with Gasteiger partial charge in [-0.25, -0.2) is 0 Å². The van der Waals surface area contributed by atoms with Gasteiger partial charge in [0.25, 0.3) is 0 Å². The number of carbonyl (C=O) groups is 1. The summed E-state index contributed by atoms with van der Waals surface area (Å²) in [6.07, 6.45) is 0. The van der Waals surface area contributed by atoms with Gasteiger partial charge in [0.2, 0.25) is 5.91 Å². The van der Waals surface area contributed by atoms with Crippen molar-refractivity contribution in [3.8, 4) is 0 Å². The van der Waals surface area contributed by atoms with Gasteiger partial charge < -0.3 is 10.0 Å². The van der Waals surface area contributed by atoms with Gasteiger partial charge in [-0.15, -0.1) is 0 Å². The lowest BCUT2D eigenvalue weighted by atomic mass is 10.0. The van der Waals surface area contributed by atoms with Crippen molar-refractivity contribution in [2.24, 2.45) is 0 Å². The molecule has 2 atom stereocenters. The first-order valence-corrected chi connectivity index (χ1v) is 5.04. The highest BCUT2D eigenvalue weighted by molar-refractivity contribution is 5.83. The largest absolute Gasteiger partial charge is 0.394 e. The van der Waals surface area contributed by atoms with Crippen LogP contribution in [0.1, 0.15) is 27.7 Å². The van der Waals surface area contributed by atoms with Crippen molar-refractivity contribution in [3.63, 3.8) is 0 Å². The van der Waals surface area contributed by atoms with Crippen molar-refractivity contribution < 1.29 is 9.90 Å². The first kappa shape index (κ1) is 11.5. The van der Waals surface area contributed by atoms with Crippen LogP contribution in [0.25, 0.3) is 0 Å². The molecule has 0 aromatic rings. The average Bonchev–Trinajstić information content (AvgIpc) is 2.06. The highest BCUT2D eigenvalue weighted by Gasteiger charge is 2.36. The van der Waals surface area contributed by atoms with Crippen molar-refractivity contribution in [3.05, 3.63) is 0 Å². The molecule has 0 radical (unpaired) electrons. The van der Waals surface area contributed by atoms with E-state index in [4.69, 9.17) is 5.11 Å². The third-order valence-corrected chi connectivity index (χ3v) is 2.50. The van der Waals surface area contributed by atoms with Gasteiger partial charge in [0, 0.05) is 18.1 Å². The number of amides is 1. The molecule has 14 heavy (non-hydrogen) atoms. The maximum Gasteiger partial charge on any atom is 0.242 e. The number of hydrogen-bond acceptors (Lipinski definition) is 3. The molecule has 1 amide bonds. The second kappa shape index (κ2) is 3.87. The quantitative estimate of drug-likeness (QED) is 0.625. The highest BCUT2D eigenvalue weighted by atomic mass is 16.3. The fourth-order valence-electron chi connectivity index (χ4n) is 1.75. The van der Waals surface area contributed by atoms with Gasteiger partial charge in [-0.3, -0.25) is 10.1 Å². The summed E-state index contributed by atoms with van der Waals surface area (Å²) in [5, 5.41) is 12.1. The van der Waals surface area contributed by atoms with Crippen LogP contribution < -0.4 is 5.32 Å². The predicted molar refractivity (Wildman–Crippen MR) is 54.9 cm³/mol. The highest BCUT2D eigenvalue weighted by Crippen LogP contribution is 2.18. The first-order valence-electron chi connectivity index (χ1n) is 5.04. The molecule has 1 saturated heterocycles. The maximum absolute atomic E-state index is 11.9. The van der Waals surface area contributed by atoms with Crippen LogP contribution >= 0.6 is 0 Å². The van der Waals surface area contributed by atoms with Gasteiger partial charge in [0.05, 0.1) is 6.61 Å². The molecule has 0 aromatic heterocycles. The SMILES string of the molecule is CC1CN(C(C)(C)C)C(=O)C(CO)N1. The van der Waals surface area contributed by atoms with Crippen LogP contribution in [0.2, 0.25) is 0 Å². The van der Waals surface area contributed by atoms with Crippen LogP contribution in [0.5, 0.6) is 0 Å². The number of nitrogens with zero attached hydrogens (tertiary/aromatic N) is 1. The molecule has 2 unspecified atom stereocenters. The Kier molecular flexibility index (Phi) is 3.17. The van der Waals surface area contributed by atoms with E-state index in [1.807, 2.05) is 32.6 Å². The Morgan fingerprint density at radius 2 is 2.14 bits per heavy atom. The number of nitrogens with one attached hydrogen (secondary N) is 1. The summed E-state index contributed by atoms with van der Waals surface area (Å²) in [6.45, 7) is 8.63. The Hall–Kier alpha value is -0.610. The summed E-state index contributed by atoms with van der Waals surface area (Å²) < 4.78 is 0. The number of hydrogen-bond donors (Lipinski definition) is 2. The lowest BCUT2D eigenvalue weighted by molar-refractivity contribution is -0.143. The Morgan fingerprint density at radius 1 is 1.57 bits per heavy atom. The van der Waals surface area contributed by atoms with Crippen molar-refractivity contribution >= 4 is 5.91 Å². The minimum absolute atomic E-state index is 0.00176. The molecule has 1 fully saturated rings. The van der Waals surface area contributed by atoms with E-state index in [-0.39, 0.29) is 24.1 Å². The molecule has 1 rings (SSSR count). The van der Waals surface area contributed by atoms with E-state index in [0.29, 0.717) is 6.54 Å².